The number of benzene rings is 1. The van der Waals surface area contributed by atoms with Gasteiger partial charge >= 0.3 is 5.97 Å². The lowest BCUT2D eigenvalue weighted by Crippen LogP contribution is -2.30. The first kappa shape index (κ1) is 22.6. The van der Waals surface area contributed by atoms with Gasteiger partial charge in [-0.05, 0) is 60.2 Å². The number of ether oxygens (including phenoxy) is 1. The molecular formula is C21H28N6O4. The summed E-state index contributed by atoms with van der Waals surface area (Å²) < 4.78 is 6.35. The van der Waals surface area contributed by atoms with E-state index in [-0.39, 0.29) is 25.3 Å². The molecule has 0 bridgehead atoms. The van der Waals surface area contributed by atoms with E-state index in [0.717, 1.165) is 22.0 Å². The Morgan fingerprint density at radius 3 is 2.84 bits per heavy atom. The van der Waals surface area contributed by atoms with Crippen molar-refractivity contribution in [3.8, 4) is 0 Å². The number of aromatic amines is 1. The van der Waals surface area contributed by atoms with Gasteiger partial charge in [-0.3, -0.25) is 14.5 Å². The van der Waals surface area contributed by atoms with Crippen molar-refractivity contribution in [3.63, 3.8) is 0 Å². The first-order valence-corrected chi connectivity index (χ1v) is 10.3. The number of hydrogen-bond acceptors (Lipinski definition) is 8. The van der Waals surface area contributed by atoms with Gasteiger partial charge in [0.2, 0.25) is 0 Å². The molecule has 0 aliphatic rings. The molecule has 2 aromatic heterocycles. The minimum atomic E-state index is -0.422. The summed E-state index contributed by atoms with van der Waals surface area (Å²) in [7, 11) is 0. The highest BCUT2D eigenvalue weighted by atomic mass is 16.5. The van der Waals surface area contributed by atoms with E-state index >= 15 is 0 Å². The molecule has 0 amide bonds. The molecule has 0 aliphatic heterocycles. The van der Waals surface area contributed by atoms with Gasteiger partial charge in [0.05, 0.1) is 18.7 Å². The van der Waals surface area contributed by atoms with E-state index < -0.39 is 5.97 Å². The summed E-state index contributed by atoms with van der Waals surface area (Å²) in [6.45, 7) is 7.16. The van der Waals surface area contributed by atoms with Crippen molar-refractivity contribution in [1.82, 2.24) is 30.1 Å². The van der Waals surface area contributed by atoms with Crippen molar-refractivity contribution in [1.29, 1.82) is 0 Å². The Labute approximate surface area is 179 Å². The summed E-state index contributed by atoms with van der Waals surface area (Å²) in [5.74, 6) is 0.0595. The van der Waals surface area contributed by atoms with Crippen molar-refractivity contribution in [2.24, 2.45) is 0 Å². The summed E-state index contributed by atoms with van der Waals surface area (Å²) in [6.07, 6.45) is 0.531. The fourth-order valence-electron chi connectivity index (χ4n) is 3.42. The molecule has 3 rings (SSSR count). The van der Waals surface area contributed by atoms with E-state index in [1.54, 1.807) is 6.92 Å². The predicted molar refractivity (Wildman–Crippen MR) is 114 cm³/mol. The quantitative estimate of drug-likeness (QED) is 0.460. The molecule has 2 N–H and O–H groups in total. The van der Waals surface area contributed by atoms with E-state index in [4.69, 9.17) is 4.74 Å². The summed E-state index contributed by atoms with van der Waals surface area (Å²) in [4.78, 5) is 29.5. The van der Waals surface area contributed by atoms with E-state index in [1.807, 2.05) is 36.9 Å². The predicted octanol–water partition coefficient (Wildman–Crippen LogP) is 1.08. The van der Waals surface area contributed by atoms with Crippen LogP contribution in [0.3, 0.4) is 0 Å². The van der Waals surface area contributed by atoms with Gasteiger partial charge in [0.1, 0.15) is 6.54 Å². The van der Waals surface area contributed by atoms with E-state index in [0.29, 0.717) is 37.4 Å². The van der Waals surface area contributed by atoms with Crippen LogP contribution in [0.4, 0.5) is 0 Å². The number of carbonyl (C=O) groups is 1. The van der Waals surface area contributed by atoms with Gasteiger partial charge in [-0.2, -0.15) is 0 Å². The molecular weight excluding hydrogens is 400 g/mol. The van der Waals surface area contributed by atoms with E-state index in [2.05, 4.69) is 20.5 Å². The van der Waals surface area contributed by atoms with Crippen molar-refractivity contribution in [3.05, 3.63) is 51.1 Å². The number of tetrazole rings is 1. The smallest absolute Gasteiger partial charge is 0.327 e. The molecule has 0 spiro atoms. The monoisotopic (exact) mass is 428 g/mol. The number of aryl methyl sites for hydroxylation is 2. The van der Waals surface area contributed by atoms with Crippen LogP contribution in [-0.4, -0.2) is 60.9 Å². The zero-order valence-electron chi connectivity index (χ0n) is 18.1. The highest BCUT2D eigenvalue weighted by Gasteiger charge is 2.17. The molecule has 3 aromatic rings. The average molecular weight is 428 g/mol. The molecule has 0 atom stereocenters. The standard InChI is InChI=1S/C21H28N6O4/c1-4-31-19(29)13-27-18(23-24-25-27)12-26(8-5-9-28)11-17-10-16-7-6-14(2)15(3)20(16)22-21(17)30/h6-7,10,28H,4-5,8-9,11-13H2,1-3H3,(H,22,30). The lowest BCUT2D eigenvalue weighted by atomic mass is 10.0. The Bertz CT molecular complexity index is 1110. The molecule has 0 saturated carbocycles. The van der Waals surface area contributed by atoms with Crippen LogP contribution in [0.5, 0.6) is 0 Å². The van der Waals surface area contributed by atoms with Crippen molar-refractivity contribution >= 4 is 16.9 Å². The third-order valence-corrected chi connectivity index (χ3v) is 5.21. The maximum absolute atomic E-state index is 12.8. The fraction of sp³-hybridized carbons (Fsp3) is 0.476. The summed E-state index contributed by atoms with van der Waals surface area (Å²) in [5, 5.41) is 21.8. The molecule has 0 unspecified atom stereocenters. The molecule has 1 aromatic carbocycles. The van der Waals surface area contributed by atoms with Gasteiger partial charge in [-0.25, -0.2) is 4.68 Å². The SMILES string of the molecule is CCOC(=O)Cn1nnnc1CN(CCCO)Cc1cc2ccc(C)c(C)c2[nH]c1=O. The molecule has 0 saturated heterocycles. The van der Waals surface area contributed by atoms with Crippen molar-refractivity contribution < 1.29 is 14.6 Å². The normalized spacial score (nSPS) is 11.4. The average Bonchev–Trinajstić information content (AvgIpc) is 3.16. The van der Waals surface area contributed by atoms with Gasteiger partial charge in [0.15, 0.2) is 5.82 Å². The van der Waals surface area contributed by atoms with Crippen LogP contribution in [0.15, 0.2) is 23.0 Å². The number of nitrogens with zero attached hydrogens (tertiary/aromatic N) is 5. The van der Waals surface area contributed by atoms with Crippen LogP contribution in [0, 0.1) is 13.8 Å². The first-order chi connectivity index (χ1) is 14.9. The van der Waals surface area contributed by atoms with Crippen LogP contribution in [0.1, 0.15) is 35.9 Å². The highest BCUT2D eigenvalue weighted by Crippen LogP contribution is 2.19. The number of aromatic nitrogens is 5. The largest absolute Gasteiger partial charge is 0.465 e. The number of rotatable bonds is 10. The molecule has 0 fully saturated rings. The number of aliphatic hydroxyl groups is 1. The Kier molecular flexibility index (Phi) is 7.48. The molecule has 166 valence electrons. The van der Waals surface area contributed by atoms with Gasteiger partial charge in [0.25, 0.3) is 5.56 Å². The van der Waals surface area contributed by atoms with Crippen LogP contribution < -0.4 is 5.56 Å². The van der Waals surface area contributed by atoms with Crippen LogP contribution in [0.2, 0.25) is 0 Å². The second-order valence-electron chi connectivity index (χ2n) is 7.44. The second-order valence-corrected chi connectivity index (χ2v) is 7.44. The first-order valence-electron chi connectivity index (χ1n) is 10.3. The summed E-state index contributed by atoms with van der Waals surface area (Å²) >= 11 is 0. The molecule has 0 radical (unpaired) electrons. The van der Waals surface area contributed by atoms with Gasteiger partial charge < -0.3 is 14.8 Å². The number of esters is 1. The molecule has 2 heterocycles. The molecule has 10 nitrogen and oxygen atoms in total. The zero-order valence-corrected chi connectivity index (χ0v) is 18.1. The Morgan fingerprint density at radius 1 is 1.29 bits per heavy atom. The van der Waals surface area contributed by atoms with Crippen LogP contribution in [-0.2, 0) is 29.2 Å². The topological polar surface area (TPSA) is 126 Å². The van der Waals surface area contributed by atoms with Crippen molar-refractivity contribution in [2.75, 3.05) is 19.8 Å². The lowest BCUT2D eigenvalue weighted by Gasteiger charge is -2.21. The van der Waals surface area contributed by atoms with E-state index in [1.165, 1.54) is 4.68 Å². The summed E-state index contributed by atoms with van der Waals surface area (Å²) in [5.41, 5.74) is 3.47. The molecule has 0 aliphatic carbocycles. The number of carbonyl (C=O) groups excluding carboxylic acids is 1. The van der Waals surface area contributed by atoms with Gasteiger partial charge in [-0.15, -0.1) is 5.10 Å². The van der Waals surface area contributed by atoms with E-state index in [9.17, 15) is 14.7 Å². The second kappa shape index (κ2) is 10.3. The third kappa shape index (κ3) is 5.53. The number of fused-ring (bicyclic) bond motifs is 1. The van der Waals surface area contributed by atoms with Crippen LogP contribution in [0.25, 0.3) is 10.9 Å². The number of pyridine rings is 1. The van der Waals surface area contributed by atoms with Gasteiger partial charge in [-0.1, -0.05) is 12.1 Å². The van der Waals surface area contributed by atoms with Gasteiger partial charge in [0, 0.05) is 25.3 Å². The zero-order chi connectivity index (χ0) is 22.4. The number of H-pyrrole nitrogens is 1. The number of nitrogens with one attached hydrogen (secondary N) is 1. The maximum Gasteiger partial charge on any atom is 0.327 e. The number of hydrogen-bond donors (Lipinski definition) is 2. The Morgan fingerprint density at radius 2 is 2.10 bits per heavy atom. The summed E-state index contributed by atoms with van der Waals surface area (Å²) in [6, 6.07) is 5.93. The Hall–Kier alpha value is -3.11. The minimum Gasteiger partial charge on any atom is -0.465 e. The minimum absolute atomic E-state index is 0.0246. The highest BCUT2D eigenvalue weighted by molar-refractivity contribution is 5.83. The molecule has 10 heteroatoms. The van der Waals surface area contributed by atoms with Crippen molar-refractivity contribution in [2.45, 2.75) is 46.8 Å². The number of aliphatic hydroxyl groups excluding tert-OH is 1. The maximum atomic E-state index is 12.8. The lowest BCUT2D eigenvalue weighted by molar-refractivity contribution is -0.144. The van der Waals surface area contributed by atoms with Crippen LogP contribution >= 0.6 is 0 Å². The third-order valence-electron chi connectivity index (χ3n) is 5.21. The molecule has 31 heavy (non-hydrogen) atoms. The fourth-order valence-corrected chi connectivity index (χ4v) is 3.42. The Balaban J connectivity index is 1.84.